The van der Waals surface area contributed by atoms with Crippen LogP contribution in [0.1, 0.15) is 6.92 Å². The molecule has 0 amide bonds. The van der Waals surface area contributed by atoms with Gasteiger partial charge in [-0.05, 0) is 6.92 Å². The maximum absolute atomic E-state index is 11.6. The summed E-state index contributed by atoms with van der Waals surface area (Å²) in [6.45, 7) is 2.27. The molecule has 0 saturated carbocycles. The second-order valence-electron chi connectivity index (χ2n) is 3.41. The van der Waals surface area contributed by atoms with Crippen LogP contribution in [0.4, 0.5) is 5.69 Å². The number of aromatic nitrogens is 2. The van der Waals surface area contributed by atoms with Crippen LogP contribution in [-0.4, -0.2) is 34.1 Å². The van der Waals surface area contributed by atoms with Gasteiger partial charge in [0, 0.05) is 12.6 Å². The summed E-state index contributed by atoms with van der Waals surface area (Å²) < 4.78 is 1.11. The molecule has 0 bridgehead atoms. The van der Waals surface area contributed by atoms with Crippen LogP contribution >= 0.6 is 11.6 Å². The number of halogens is 1. The molecular weight excluding hydrogens is 232 g/mol. The van der Waals surface area contributed by atoms with E-state index in [4.69, 9.17) is 22.4 Å². The standard InChI is InChI=1S/C9H15ClN4O2/c1-6(4-11)13-7-5-12-14(2-3-15)9(16)8(7)10/h5-6,13,15H,2-4,11H2,1H3. The Kier molecular flexibility index (Phi) is 4.72. The normalized spacial score (nSPS) is 12.5. The highest BCUT2D eigenvalue weighted by Gasteiger charge is 2.10. The average Bonchev–Trinajstić information content (AvgIpc) is 2.28. The SMILES string of the molecule is CC(CN)Nc1cnn(CCO)c(=O)c1Cl. The highest BCUT2D eigenvalue weighted by atomic mass is 35.5. The van der Waals surface area contributed by atoms with E-state index in [1.807, 2.05) is 6.92 Å². The Balaban J connectivity index is 2.98. The van der Waals surface area contributed by atoms with Crippen molar-refractivity contribution in [3.8, 4) is 0 Å². The van der Waals surface area contributed by atoms with Gasteiger partial charge in [0.25, 0.3) is 5.56 Å². The quantitative estimate of drug-likeness (QED) is 0.660. The van der Waals surface area contributed by atoms with E-state index < -0.39 is 5.56 Å². The zero-order valence-electron chi connectivity index (χ0n) is 8.98. The maximum Gasteiger partial charge on any atom is 0.287 e. The van der Waals surface area contributed by atoms with Crippen molar-refractivity contribution in [3.63, 3.8) is 0 Å². The highest BCUT2D eigenvalue weighted by Crippen LogP contribution is 2.15. The smallest absolute Gasteiger partial charge is 0.287 e. The van der Waals surface area contributed by atoms with Crippen LogP contribution in [0.2, 0.25) is 5.02 Å². The summed E-state index contributed by atoms with van der Waals surface area (Å²) in [6, 6.07) is 0.00684. The first kappa shape index (κ1) is 13.0. The fraction of sp³-hybridized carbons (Fsp3) is 0.556. The monoisotopic (exact) mass is 246 g/mol. The van der Waals surface area contributed by atoms with E-state index in [0.29, 0.717) is 12.2 Å². The summed E-state index contributed by atoms with van der Waals surface area (Å²) >= 11 is 5.88. The summed E-state index contributed by atoms with van der Waals surface area (Å²) in [5, 5.41) is 15.6. The van der Waals surface area contributed by atoms with E-state index >= 15 is 0 Å². The molecule has 0 aliphatic rings. The third kappa shape index (κ3) is 2.94. The zero-order valence-corrected chi connectivity index (χ0v) is 9.74. The molecule has 0 saturated heterocycles. The molecule has 1 aromatic heterocycles. The summed E-state index contributed by atoms with van der Waals surface area (Å²) in [4.78, 5) is 11.6. The Bertz CT molecular complexity index is 407. The van der Waals surface area contributed by atoms with E-state index in [9.17, 15) is 4.79 Å². The zero-order chi connectivity index (χ0) is 12.1. The van der Waals surface area contributed by atoms with Crippen LogP contribution in [0.3, 0.4) is 0 Å². The Labute approximate surface area is 98.0 Å². The molecule has 90 valence electrons. The molecule has 1 heterocycles. The number of aliphatic hydroxyl groups is 1. The Hall–Kier alpha value is -1.11. The fourth-order valence-electron chi connectivity index (χ4n) is 1.14. The third-order valence-corrected chi connectivity index (χ3v) is 2.42. The number of anilines is 1. The van der Waals surface area contributed by atoms with Crippen molar-refractivity contribution in [2.75, 3.05) is 18.5 Å². The van der Waals surface area contributed by atoms with Crippen molar-refractivity contribution in [2.45, 2.75) is 19.5 Å². The van der Waals surface area contributed by atoms with Gasteiger partial charge in [-0.25, -0.2) is 4.68 Å². The average molecular weight is 247 g/mol. The van der Waals surface area contributed by atoms with Crippen LogP contribution in [0.25, 0.3) is 0 Å². The molecule has 0 radical (unpaired) electrons. The highest BCUT2D eigenvalue weighted by molar-refractivity contribution is 6.32. The summed E-state index contributed by atoms with van der Waals surface area (Å²) in [5.74, 6) is 0. The van der Waals surface area contributed by atoms with Gasteiger partial charge in [0.1, 0.15) is 5.02 Å². The molecule has 0 aliphatic carbocycles. The van der Waals surface area contributed by atoms with Crippen molar-refractivity contribution in [1.82, 2.24) is 9.78 Å². The summed E-state index contributed by atoms with van der Waals surface area (Å²) in [5.41, 5.74) is 5.47. The van der Waals surface area contributed by atoms with Gasteiger partial charge >= 0.3 is 0 Å². The predicted octanol–water partition coefficient (Wildman–Crippen LogP) is -0.352. The number of hydrogen-bond donors (Lipinski definition) is 3. The Morgan fingerprint density at radius 2 is 2.44 bits per heavy atom. The van der Waals surface area contributed by atoms with Crippen LogP contribution in [0.15, 0.2) is 11.0 Å². The number of nitrogens with two attached hydrogens (primary N) is 1. The van der Waals surface area contributed by atoms with E-state index in [1.54, 1.807) is 0 Å². The summed E-state index contributed by atoms with van der Waals surface area (Å²) in [7, 11) is 0. The van der Waals surface area contributed by atoms with Gasteiger partial charge in [0.15, 0.2) is 0 Å². The Morgan fingerprint density at radius 1 is 1.75 bits per heavy atom. The largest absolute Gasteiger partial charge is 0.394 e. The van der Waals surface area contributed by atoms with Crippen molar-refractivity contribution in [3.05, 3.63) is 21.6 Å². The van der Waals surface area contributed by atoms with Crippen LogP contribution in [-0.2, 0) is 6.54 Å². The molecular formula is C9H15ClN4O2. The lowest BCUT2D eigenvalue weighted by molar-refractivity contribution is 0.266. The Morgan fingerprint density at radius 3 is 3.00 bits per heavy atom. The number of aliphatic hydroxyl groups excluding tert-OH is 1. The van der Waals surface area contributed by atoms with Crippen LogP contribution in [0.5, 0.6) is 0 Å². The lowest BCUT2D eigenvalue weighted by Crippen LogP contribution is -2.29. The van der Waals surface area contributed by atoms with E-state index in [0.717, 1.165) is 4.68 Å². The lowest BCUT2D eigenvalue weighted by Gasteiger charge is -2.14. The number of nitrogens with one attached hydrogen (secondary N) is 1. The molecule has 1 rings (SSSR count). The summed E-state index contributed by atoms with van der Waals surface area (Å²) in [6.07, 6.45) is 1.45. The van der Waals surface area contributed by atoms with Gasteiger partial charge in [0.05, 0.1) is 25.0 Å². The molecule has 0 aromatic carbocycles. The molecule has 4 N–H and O–H groups in total. The molecule has 1 unspecified atom stereocenters. The van der Waals surface area contributed by atoms with Gasteiger partial charge in [-0.1, -0.05) is 11.6 Å². The maximum atomic E-state index is 11.6. The van der Waals surface area contributed by atoms with E-state index in [-0.39, 0.29) is 24.2 Å². The first-order valence-corrected chi connectivity index (χ1v) is 5.31. The van der Waals surface area contributed by atoms with Gasteiger partial charge in [0.2, 0.25) is 0 Å². The lowest BCUT2D eigenvalue weighted by atomic mass is 10.3. The minimum Gasteiger partial charge on any atom is -0.394 e. The fourth-order valence-corrected chi connectivity index (χ4v) is 1.34. The number of hydrogen-bond acceptors (Lipinski definition) is 5. The van der Waals surface area contributed by atoms with Gasteiger partial charge in [-0.3, -0.25) is 4.79 Å². The number of nitrogens with zero attached hydrogens (tertiary/aromatic N) is 2. The van der Waals surface area contributed by atoms with Crippen molar-refractivity contribution >= 4 is 17.3 Å². The molecule has 7 heteroatoms. The molecule has 0 aliphatic heterocycles. The second kappa shape index (κ2) is 5.83. The molecule has 6 nitrogen and oxygen atoms in total. The van der Waals surface area contributed by atoms with E-state index in [2.05, 4.69) is 10.4 Å². The molecule has 16 heavy (non-hydrogen) atoms. The molecule has 0 spiro atoms. The van der Waals surface area contributed by atoms with Gasteiger partial charge in [-0.2, -0.15) is 5.10 Å². The molecule has 0 fully saturated rings. The van der Waals surface area contributed by atoms with E-state index in [1.165, 1.54) is 6.20 Å². The first-order valence-electron chi connectivity index (χ1n) is 4.93. The minimum absolute atomic E-state index is 0.00684. The molecule has 1 atom stereocenters. The molecule has 1 aromatic rings. The predicted molar refractivity (Wildman–Crippen MR) is 62.7 cm³/mol. The topological polar surface area (TPSA) is 93.2 Å². The minimum atomic E-state index is -0.426. The van der Waals surface area contributed by atoms with Crippen LogP contribution in [0, 0.1) is 0 Å². The van der Waals surface area contributed by atoms with Gasteiger partial charge in [-0.15, -0.1) is 0 Å². The van der Waals surface area contributed by atoms with Crippen molar-refractivity contribution < 1.29 is 5.11 Å². The van der Waals surface area contributed by atoms with Gasteiger partial charge < -0.3 is 16.2 Å². The van der Waals surface area contributed by atoms with Crippen molar-refractivity contribution in [2.24, 2.45) is 5.73 Å². The van der Waals surface area contributed by atoms with Crippen LogP contribution < -0.4 is 16.6 Å². The first-order chi connectivity index (χ1) is 7.60. The number of rotatable bonds is 5. The third-order valence-electron chi connectivity index (χ3n) is 2.05. The second-order valence-corrected chi connectivity index (χ2v) is 3.78. The van der Waals surface area contributed by atoms with Crippen molar-refractivity contribution in [1.29, 1.82) is 0 Å².